The molecule has 148 valence electrons. The number of carboxylic acid groups (broad SMARTS) is 1. The number of halogens is 1. The molecule has 2 rings (SSSR count). The molecule has 5 heteroatoms. The van der Waals surface area contributed by atoms with E-state index in [2.05, 4.69) is 18.7 Å². The van der Waals surface area contributed by atoms with E-state index in [1.807, 2.05) is 30.3 Å². The van der Waals surface area contributed by atoms with E-state index in [0.717, 1.165) is 44.3 Å². The summed E-state index contributed by atoms with van der Waals surface area (Å²) in [5.74, 6) is -0.893. The first-order valence-electron chi connectivity index (χ1n) is 9.74. The van der Waals surface area contributed by atoms with Gasteiger partial charge in [-0.3, -0.25) is 4.79 Å². The molecule has 1 aliphatic carbocycles. The van der Waals surface area contributed by atoms with Crippen LogP contribution < -0.4 is 0 Å². The van der Waals surface area contributed by atoms with E-state index in [1.165, 1.54) is 0 Å². The van der Waals surface area contributed by atoms with Crippen molar-refractivity contribution in [1.82, 2.24) is 4.90 Å². The lowest BCUT2D eigenvalue weighted by Crippen LogP contribution is -2.58. The number of hydrogen-bond donors (Lipinski definition) is 2. The number of rotatable bonds is 8. The van der Waals surface area contributed by atoms with Gasteiger partial charge in [-0.2, -0.15) is 0 Å². The molecular formula is C21H34ClNO3. The molecule has 0 aliphatic heterocycles. The predicted octanol–water partition coefficient (Wildman–Crippen LogP) is 4.25. The van der Waals surface area contributed by atoms with Gasteiger partial charge in [0.1, 0.15) is 5.41 Å². The standard InChI is InChI=1S/C21H33NO3.ClH/c1-3-22(4-2)17-16-21(19(23)24,18-12-8-7-9-13-18)20(25)14-10-5-6-11-15-20;/h7-9,12-13,25H,3-6,10-11,14-17H2,1-2H3,(H,23,24);1H. The third kappa shape index (κ3) is 4.59. The number of nitrogens with zero attached hydrogens (tertiary/aromatic N) is 1. The smallest absolute Gasteiger partial charge is 0.317 e. The molecule has 0 spiro atoms. The van der Waals surface area contributed by atoms with Crippen molar-refractivity contribution in [2.75, 3.05) is 19.6 Å². The number of hydrogen-bond acceptors (Lipinski definition) is 3. The first kappa shape index (κ1) is 22.9. The molecule has 0 heterocycles. The van der Waals surface area contributed by atoms with Gasteiger partial charge in [0.15, 0.2) is 0 Å². The third-order valence-electron chi connectivity index (χ3n) is 6.05. The molecule has 1 atom stereocenters. The third-order valence-corrected chi connectivity index (χ3v) is 6.05. The van der Waals surface area contributed by atoms with Gasteiger partial charge in [0.05, 0.1) is 5.60 Å². The van der Waals surface area contributed by atoms with Crippen molar-refractivity contribution in [1.29, 1.82) is 0 Å². The minimum absolute atomic E-state index is 0. The predicted molar refractivity (Wildman–Crippen MR) is 108 cm³/mol. The van der Waals surface area contributed by atoms with Gasteiger partial charge in [0.25, 0.3) is 0 Å². The Hall–Kier alpha value is -1.10. The number of carbonyl (C=O) groups is 1. The summed E-state index contributed by atoms with van der Waals surface area (Å²) in [5.41, 5.74) is -1.70. The second-order valence-electron chi connectivity index (χ2n) is 7.30. The molecule has 1 fully saturated rings. The SMILES string of the molecule is CCN(CC)CCC(C(=O)O)(c1ccccc1)C1(O)CCCCCC1.Cl. The lowest BCUT2D eigenvalue weighted by molar-refractivity contribution is -0.160. The number of aliphatic carboxylic acids is 1. The molecule has 0 bridgehead atoms. The average Bonchev–Trinajstić information content (AvgIpc) is 2.85. The molecule has 2 N–H and O–H groups in total. The first-order valence-corrected chi connectivity index (χ1v) is 9.74. The van der Waals surface area contributed by atoms with E-state index in [0.29, 0.717) is 25.8 Å². The second kappa shape index (κ2) is 10.3. The Morgan fingerprint density at radius 2 is 1.62 bits per heavy atom. The maximum Gasteiger partial charge on any atom is 0.317 e. The number of carboxylic acids is 1. The molecule has 0 saturated heterocycles. The lowest BCUT2D eigenvalue weighted by Gasteiger charge is -2.45. The van der Waals surface area contributed by atoms with Crippen LogP contribution in [0.15, 0.2) is 30.3 Å². The summed E-state index contributed by atoms with van der Waals surface area (Å²) < 4.78 is 0. The molecule has 0 amide bonds. The van der Waals surface area contributed by atoms with Crippen molar-refractivity contribution < 1.29 is 15.0 Å². The zero-order chi connectivity index (χ0) is 18.3. The van der Waals surface area contributed by atoms with Gasteiger partial charge >= 0.3 is 5.97 Å². The van der Waals surface area contributed by atoms with Gasteiger partial charge in [-0.25, -0.2) is 0 Å². The summed E-state index contributed by atoms with van der Waals surface area (Å²) in [6, 6.07) is 9.41. The van der Waals surface area contributed by atoms with Crippen LogP contribution in [-0.2, 0) is 10.2 Å². The molecule has 26 heavy (non-hydrogen) atoms. The Morgan fingerprint density at radius 1 is 1.08 bits per heavy atom. The van der Waals surface area contributed by atoms with Crippen LogP contribution >= 0.6 is 12.4 Å². The zero-order valence-corrected chi connectivity index (χ0v) is 16.9. The summed E-state index contributed by atoms with van der Waals surface area (Å²) in [5, 5.41) is 22.0. The van der Waals surface area contributed by atoms with E-state index in [4.69, 9.17) is 0 Å². The van der Waals surface area contributed by atoms with Gasteiger partial charge in [-0.15, -0.1) is 12.4 Å². The van der Waals surface area contributed by atoms with E-state index < -0.39 is 17.0 Å². The largest absolute Gasteiger partial charge is 0.480 e. The average molecular weight is 384 g/mol. The van der Waals surface area contributed by atoms with Crippen LogP contribution in [0.3, 0.4) is 0 Å². The minimum Gasteiger partial charge on any atom is -0.480 e. The maximum atomic E-state index is 12.6. The van der Waals surface area contributed by atoms with E-state index in [-0.39, 0.29) is 12.4 Å². The topological polar surface area (TPSA) is 60.8 Å². The van der Waals surface area contributed by atoms with Crippen LogP contribution in [0, 0.1) is 0 Å². The monoisotopic (exact) mass is 383 g/mol. The van der Waals surface area contributed by atoms with Crippen molar-refractivity contribution >= 4 is 18.4 Å². The van der Waals surface area contributed by atoms with Crippen LogP contribution in [0.5, 0.6) is 0 Å². The molecule has 1 aromatic carbocycles. The normalized spacial score (nSPS) is 19.2. The molecule has 1 unspecified atom stereocenters. The highest BCUT2D eigenvalue weighted by Gasteiger charge is 2.56. The van der Waals surface area contributed by atoms with Crippen molar-refractivity contribution in [3.8, 4) is 0 Å². The van der Waals surface area contributed by atoms with Gasteiger partial charge in [-0.1, -0.05) is 69.9 Å². The molecule has 4 nitrogen and oxygen atoms in total. The van der Waals surface area contributed by atoms with Crippen LogP contribution in [0.2, 0.25) is 0 Å². The minimum atomic E-state index is -1.25. The van der Waals surface area contributed by atoms with Crippen molar-refractivity contribution in [3.05, 3.63) is 35.9 Å². The fraction of sp³-hybridized carbons (Fsp3) is 0.667. The fourth-order valence-corrected chi connectivity index (χ4v) is 4.40. The van der Waals surface area contributed by atoms with Gasteiger partial charge in [-0.05, 0) is 44.5 Å². The van der Waals surface area contributed by atoms with E-state index in [9.17, 15) is 15.0 Å². The fourth-order valence-electron chi connectivity index (χ4n) is 4.40. The van der Waals surface area contributed by atoms with Gasteiger partial charge in [0.2, 0.25) is 0 Å². The second-order valence-corrected chi connectivity index (χ2v) is 7.30. The van der Waals surface area contributed by atoms with E-state index >= 15 is 0 Å². The Morgan fingerprint density at radius 3 is 2.08 bits per heavy atom. The van der Waals surface area contributed by atoms with Crippen LogP contribution in [0.4, 0.5) is 0 Å². The van der Waals surface area contributed by atoms with Crippen LogP contribution in [0.1, 0.15) is 64.4 Å². The van der Waals surface area contributed by atoms with Crippen molar-refractivity contribution in [3.63, 3.8) is 0 Å². The molecule has 0 radical (unpaired) electrons. The quantitative estimate of drug-likeness (QED) is 0.659. The molecule has 1 saturated carbocycles. The Balaban J connectivity index is 0.00000338. The number of benzene rings is 1. The van der Waals surface area contributed by atoms with E-state index in [1.54, 1.807) is 0 Å². The first-order chi connectivity index (χ1) is 12.0. The molecular weight excluding hydrogens is 350 g/mol. The Labute approximate surface area is 164 Å². The molecule has 0 aromatic heterocycles. The lowest BCUT2D eigenvalue weighted by atomic mass is 9.62. The number of aliphatic hydroxyl groups is 1. The summed E-state index contributed by atoms with van der Waals surface area (Å²) in [7, 11) is 0. The summed E-state index contributed by atoms with van der Waals surface area (Å²) in [6.45, 7) is 6.64. The highest BCUT2D eigenvalue weighted by atomic mass is 35.5. The van der Waals surface area contributed by atoms with Crippen LogP contribution in [-0.4, -0.2) is 46.3 Å². The van der Waals surface area contributed by atoms with Crippen molar-refractivity contribution in [2.45, 2.75) is 69.8 Å². The highest BCUT2D eigenvalue weighted by Crippen LogP contribution is 2.46. The van der Waals surface area contributed by atoms with Gasteiger partial charge < -0.3 is 15.1 Å². The summed E-state index contributed by atoms with van der Waals surface area (Å²) in [6.07, 6.45) is 5.49. The van der Waals surface area contributed by atoms with Gasteiger partial charge in [0, 0.05) is 0 Å². The summed E-state index contributed by atoms with van der Waals surface area (Å²) in [4.78, 5) is 14.9. The molecule has 1 aliphatic rings. The summed E-state index contributed by atoms with van der Waals surface area (Å²) >= 11 is 0. The van der Waals surface area contributed by atoms with Crippen molar-refractivity contribution in [2.24, 2.45) is 0 Å². The zero-order valence-electron chi connectivity index (χ0n) is 16.1. The Bertz CT molecular complexity index is 539. The van der Waals surface area contributed by atoms with Crippen LogP contribution in [0.25, 0.3) is 0 Å². The highest BCUT2D eigenvalue weighted by molar-refractivity contribution is 5.85. The maximum absolute atomic E-state index is 12.6. The Kier molecular flexibility index (Phi) is 9.08. The molecule has 1 aromatic rings.